The Labute approximate surface area is 523 Å². The van der Waals surface area contributed by atoms with Crippen molar-refractivity contribution in [1.29, 1.82) is 0 Å². The van der Waals surface area contributed by atoms with Gasteiger partial charge >= 0.3 is 49.1 Å². The molecule has 0 aliphatic carbocycles. The van der Waals surface area contributed by atoms with Crippen molar-refractivity contribution >= 4 is 89.4 Å². The third kappa shape index (κ3) is 32.3. The average Bonchev–Trinajstić information content (AvgIpc) is 4.24. The van der Waals surface area contributed by atoms with Crippen molar-refractivity contribution in [2.24, 2.45) is 5.73 Å². The van der Waals surface area contributed by atoms with Gasteiger partial charge < -0.3 is 96.7 Å². The number of esters is 2. The quantitative estimate of drug-likeness (QED) is 0.0363. The molecular weight excluding hydrogens is 1140 g/mol. The molecule has 29 nitrogen and oxygen atoms in total. The van der Waals surface area contributed by atoms with Gasteiger partial charge in [0.2, 0.25) is 23.6 Å². The zero-order valence-corrected chi connectivity index (χ0v) is 50.5. The van der Waals surface area contributed by atoms with Crippen LogP contribution in [0.15, 0.2) is 0 Å². The van der Waals surface area contributed by atoms with Crippen molar-refractivity contribution in [3.8, 4) is 0 Å². The van der Waals surface area contributed by atoms with Gasteiger partial charge in [-0.15, -0.1) is 12.4 Å². The number of hydrogen-bond acceptors (Lipinski definition) is 22. The number of ketones is 1. The number of carbonyl (C=O) groups is 10. The average molecular weight is 1240 g/mol. The molecule has 5 heterocycles. The number of rotatable bonds is 13. The fraction of sp³-hybridized carbons (Fsp3) is 0.808. The molecule has 0 aromatic heterocycles. The number of carbonyl (C=O) groups excluding carboxylic acids is 10. The first kappa shape index (κ1) is 85.9. The standard InChI is InChI=1S/C14H24N2O6.C14H22N2O6.C12H22N2O5.C7H14N2O3.C4H8O.CH4.Al.ClH.Li.4H/c2*1-5-21-12(19)11-9(17)6-7-16(11)10(18)8-15-13(20)22-14(2,3)4;1-12(2,3)19-11(18)13-6-10(17)14-5-4-9(16)8(14)7-15;8-3-7(12)9-2-1-6(11)5(9)4-10;1-2-4-5-3-1;;;;;;;;/h9,11,17H,5-8H2,1-4H3,(H,15,20);11H,5-8H2,1-4H3,(H,15,20);8-9,15-16H,4-7H2,1-3H3,(H,13,18);5-6,10-11H,1-4,8H2;1-4H2;1H4;;1H;;;;;/q;;;;;;;;+1;;;;-1/t9-,11+;;8-,9-;5-,6-;;;;;;;;;/m0.00........./s1. The van der Waals surface area contributed by atoms with Crippen molar-refractivity contribution in [1.82, 2.24) is 35.6 Å². The predicted molar refractivity (Wildman–Crippen MR) is 308 cm³/mol. The smallest absolute Gasteiger partial charge is 1.00 e. The predicted octanol–water partition coefficient (Wildman–Crippen LogP) is -4.57. The van der Waals surface area contributed by atoms with E-state index in [0.717, 1.165) is 18.1 Å². The summed E-state index contributed by atoms with van der Waals surface area (Å²) >= 11 is 0. The molecule has 0 aromatic rings. The summed E-state index contributed by atoms with van der Waals surface area (Å²) in [5.41, 5.74) is 3.20. The Morgan fingerprint density at radius 1 is 0.583 bits per heavy atom. The van der Waals surface area contributed by atoms with Gasteiger partial charge in [-0.25, -0.2) is 24.0 Å². The molecule has 5 saturated heterocycles. The molecule has 7 amide bonds. The van der Waals surface area contributed by atoms with Crippen molar-refractivity contribution in [2.75, 3.05) is 92.0 Å². The van der Waals surface area contributed by atoms with Crippen LogP contribution in [0.1, 0.15) is 124 Å². The summed E-state index contributed by atoms with van der Waals surface area (Å²) in [6.45, 7) is 20.8. The van der Waals surface area contributed by atoms with Crippen LogP contribution >= 0.6 is 12.4 Å². The molecule has 0 saturated carbocycles. The Morgan fingerprint density at radius 3 is 1.27 bits per heavy atom. The van der Waals surface area contributed by atoms with Crippen molar-refractivity contribution in [3.05, 3.63) is 0 Å². The zero-order valence-electron chi connectivity index (χ0n) is 50.7. The summed E-state index contributed by atoms with van der Waals surface area (Å²) in [5, 5.41) is 53.7. The number of aliphatic hydroxyl groups excluding tert-OH is 5. The number of nitrogens with zero attached hydrogens (tertiary/aromatic N) is 4. The fourth-order valence-corrected chi connectivity index (χ4v) is 8.04. The molecule has 0 radical (unpaired) electrons. The summed E-state index contributed by atoms with van der Waals surface area (Å²) in [7, 11) is 0. The number of hydrogen-bond donors (Lipinski definition) is 9. The number of aliphatic hydroxyl groups is 5. The minimum absolute atomic E-state index is 0. The van der Waals surface area contributed by atoms with E-state index in [0.29, 0.717) is 32.4 Å². The van der Waals surface area contributed by atoms with Gasteiger partial charge in [0.15, 0.2) is 35.2 Å². The molecule has 5 fully saturated rings. The van der Waals surface area contributed by atoms with Crippen molar-refractivity contribution < 1.29 is 122 Å². The SMILES string of the molecule is C.C1CCOC1.CC(C)(C)OC(=O)NCC(=O)N1CC[C@H](O)[C@@H]1CO.CCOC(=O)C1C(=O)CCN1C(=O)CNC(=O)OC(C)(C)C.CCOC(=O)[C@H]1[C@@H](O)CCN1C(=O)CNC(=O)OC(C)(C)C.Cl.NCC(=O)N1CC[C@H](O)[C@@H]1CO.[AlH3].[H-].[Li+]. The fourth-order valence-electron chi connectivity index (χ4n) is 8.04. The molecule has 5 aliphatic heterocycles. The summed E-state index contributed by atoms with van der Waals surface area (Å²) in [5.74, 6) is -3.31. The van der Waals surface area contributed by atoms with Gasteiger partial charge in [0.25, 0.3) is 0 Å². The Bertz CT molecular complexity index is 2050. The van der Waals surface area contributed by atoms with E-state index in [-0.39, 0.29) is 147 Å². The van der Waals surface area contributed by atoms with Gasteiger partial charge in [0.05, 0.1) is 63.4 Å². The van der Waals surface area contributed by atoms with E-state index in [1.165, 1.54) is 27.5 Å². The first-order valence-electron chi connectivity index (χ1n) is 26.7. The Balaban J connectivity index is -0.000000324. The van der Waals surface area contributed by atoms with Gasteiger partial charge in [0.1, 0.15) is 36.4 Å². The summed E-state index contributed by atoms with van der Waals surface area (Å²) in [6, 6.07) is -3.28. The van der Waals surface area contributed by atoms with E-state index in [4.69, 9.17) is 44.4 Å². The number of amides is 7. The number of ether oxygens (including phenoxy) is 6. The minimum Gasteiger partial charge on any atom is -1.00 e. The molecule has 0 bridgehead atoms. The van der Waals surface area contributed by atoms with E-state index in [2.05, 4.69) is 16.0 Å². The molecule has 1 unspecified atom stereocenters. The van der Waals surface area contributed by atoms with Gasteiger partial charge in [-0.2, -0.15) is 0 Å². The van der Waals surface area contributed by atoms with E-state index >= 15 is 0 Å². The molecule has 0 aromatic carbocycles. The van der Waals surface area contributed by atoms with Crippen LogP contribution in [-0.4, -0.2) is 273 Å². The van der Waals surface area contributed by atoms with Crippen LogP contribution in [0.3, 0.4) is 0 Å². The Morgan fingerprint density at radius 2 is 0.929 bits per heavy atom. The molecule has 0 spiro atoms. The maximum atomic E-state index is 12.1. The first-order valence-corrected chi connectivity index (χ1v) is 26.7. The van der Waals surface area contributed by atoms with Crippen molar-refractivity contribution in [3.63, 3.8) is 0 Å². The molecule has 32 heteroatoms. The third-order valence-electron chi connectivity index (χ3n) is 11.6. The van der Waals surface area contributed by atoms with E-state index < -0.39 is 101 Å². The van der Waals surface area contributed by atoms with E-state index in [1.807, 2.05) is 0 Å². The maximum absolute atomic E-state index is 12.1. The van der Waals surface area contributed by atoms with Crippen LogP contribution in [0.5, 0.6) is 0 Å². The summed E-state index contributed by atoms with van der Waals surface area (Å²) in [6.07, 6.45) is -0.483. The largest absolute Gasteiger partial charge is 1.00 e. The van der Waals surface area contributed by atoms with Crippen LogP contribution in [0.4, 0.5) is 14.4 Å². The number of nitrogens with two attached hydrogens (primary N) is 1. The first-order chi connectivity index (χ1) is 37.2. The Hall–Kier alpha value is -4.56. The molecule has 484 valence electrons. The van der Waals surface area contributed by atoms with Crippen LogP contribution in [0.2, 0.25) is 0 Å². The normalized spacial score (nSPS) is 21.2. The molecule has 10 N–H and O–H groups in total. The number of likely N-dealkylation sites (tertiary alicyclic amines) is 4. The second-order valence-corrected chi connectivity index (χ2v) is 21.6. The van der Waals surface area contributed by atoms with Crippen LogP contribution in [-0.2, 0) is 62.0 Å². The number of nitrogens with one attached hydrogen (secondary N) is 3. The molecule has 5 aliphatic rings. The Kier molecular flexibility index (Phi) is 43.3. The van der Waals surface area contributed by atoms with Crippen LogP contribution in [0.25, 0.3) is 0 Å². The number of halogens is 1. The number of alkyl carbamates (subject to hydrolysis) is 3. The molecule has 84 heavy (non-hydrogen) atoms. The summed E-state index contributed by atoms with van der Waals surface area (Å²) in [4.78, 5) is 122. The van der Waals surface area contributed by atoms with Gasteiger partial charge in [-0.05, 0) is 108 Å². The van der Waals surface area contributed by atoms with Gasteiger partial charge in [-0.1, -0.05) is 7.43 Å². The molecular formula is C52H99AlClLiN8O21. The van der Waals surface area contributed by atoms with E-state index in [9.17, 15) is 63.3 Å². The molecule has 7 atom stereocenters. The maximum Gasteiger partial charge on any atom is 1.00 e. The zero-order chi connectivity index (χ0) is 61.1. The van der Waals surface area contributed by atoms with Crippen LogP contribution < -0.4 is 40.5 Å². The molecule has 5 rings (SSSR count). The third-order valence-corrected chi connectivity index (χ3v) is 11.6. The summed E-state index contributed by atoms with van der Waals surface area (Å²) < 4.78 is 29.6. The monoisotopic (exact) mass is 1240 g/mol. The number of Topliss-reactive ketones (excluding diaryl/α,β-unsaturated/α-hetero) is 1. The van der Waals surface area contributed by atoms with E-state index in [1.54, 1.807) is 76.2 Å². The van der Waals surface area contributed by atoms with Gasteiger partial charge in [-0.3, -0.25) is 24.0 Å². The second-order valence-electron chi connectivity index (χ2n) is 21.6. The van der Waals surface area contributed by atoms with Gasteiger partial charge in [0, 0.05) is 45.8 Å². The second kappa shape index (κ2) is 42.3. The van der Waals surface area contributed by atoms with Crippen LogP contribution in [0, 0.1) is 0 Å². The topological polar surface area (TPSA) is 402 Å². The van der Waals surface area contributed by atoms with Crippen molar-refractivity contribution in [2.45, 2.75) is 181 Å². The minimum atomic E-state index is -1.21.